The smallest absolute Gasteiger partial charge is 0.275 e. The second-order valence-electron chi connectivity index (χ2n) is 7.76. The molecule has 4 aromatic rings. The van der Waals surface area contributed by atoms with Crippen LogP contribution >= 0.6 is 0 Å². The Balaban J connectivity index is 2.03. The molecule has 10 heteroatoms. The molecule has 0 bridgehead atoms. The lowest BCUT2D eigenvalue weighted by Crippen LogP contribution is -2.22. The third-order valence-corrected chi connectivity index (χ3v) is 9.10. The van der Waals surface area contributed by atoms with E-state index < -0.39 is 31.1 Å². The summed E-state index contributed by atoms with van der Waals surface area (Å²) in [4.78, 5) is 13.2. The van der Waals surface area contributed by atoms with E-state index in [4.69, 9.17) is 4.78 Å². The van der Waals surface area contributed by atoms with Gasteiger partial charge in [-0.25, -0.2) is 25.8 Å². The molecule has 0 aliphatic heterocycles. The number of rotatable bonds is 5. The predicted molar refractivity (Wildman–Crippen MR) is 126 cm³/mol. The Labute approximate surface area is 191 Å². The SMILES string of the molecule is CCS(=N)(=O)c1ccc(F)c(-c2cn(C)c(=O)c3c2ccn3S(=O)(=O)c2ccc(C)cc2)c1. The molecule has 0 spiro atoms. The zero-order valence-corrected chi connectivity index (χ0v) is 19.8. The van der Waals surface area contributed by atoms with Gasteiger partial charge in [0.05, 0.1) is 14.6 Å². The Morgan fingerprint density at radius 1 is 0.970 bits per heavy atom. The van der Waals surface area contributed by atoms with E-state index in [9.17, 15) is 21.8 Å². The number of aromatic nitrogens is 2. The summed E-state index contributed by atoms with van der Waals surface area (Å²) in [7, 11) is -5.75. The van der Waals surface area contributed by atoms with Crippen LogP contribution in [0.4, 0.5) is 4.39 Å². The highest BCUT2D eigenvalue weighted by molar-refractivity contribution is 7.92. The molecular weight excluding hydrogens is 465 g/mol. The van der Waals surface area contributed by atoms with E-state index in [-0.39, 0.29) is 37.6 Å². The summed E-state index contributed by atoms with van der Waals surface area (Å²) in [5.74, 6) is -0.578. The fourth-order valence-corrected chi connectivity index (χ4v) is 5.93. The van der Waals surface area contributed by atoms with E-state index in [1.54, 1.807) is 19.1 Å². The molecule has 1 N–H and O–H groups in total. The molecule has 7 nitrogen and oxygen atoms in total. The summed E-state index contributed by atoms with van der Waals surface area (Å²) in [5.41, 5.74) is 0.492. The second kappa shape index (κ2) is 7.96. The summed E-state index contributed by atoms with van der Waals surface area (Å²) in [6.07, 6.45) is 2.68. The van der Waals surface area contributed by atoms with Gasteiger partial charge in [0.15, 0.2) is 0 Å². The van der Waals surface area contributed by atoms with Crippen LogP contribution in [-0.2, 0) is 26.8 Å². The fraction of sp³-hybridized carbons (Fsp3) is 0.174. The highest BCUT2D eigenvalue weighted by Crippen LogP contribution is 2.33. The lowest BCUT2D eigenvalue weighted by Gasteiger charge is -2.13. The Morgan fingerprint density at radius 2 is 1.61 bits per heavy atom. The molecule has 2 aromatic heterocycles. The van der Waals surface area contributed by atoms with Crippen LogP contribution in [-0.4, -0.2) is 26.9 Å². The van der Waals surface area contributed by atoms with Crippen molar-refractivity contribution in [1.82, 2.24) is 8.54 Å². The van der Waals surface area contributed by atoms with E-state index in [0.29, 0.717) is 0 Å². The van der Waals surface area contributed by atoms with Gasteiger partial charge in [0.1, 0.15) is 11.3 Å². The number of pyridine rings is 1. The number of benzene rings is 2. The van der Waals surface area contributed by atoms with Gasteiger partial charge in [-0.2, -0.15) is 0 Å². The highest BCUT2D eigenvalue weighted by Gasteiger charge is 2.24. The first-order chi connectivity index (χ1) is 15.5. The van der Waals surface area contributed by atoms with E-state index >= 15 is 0 Å². The zero-order valence-electron chi connectivity index (χ0n) is 18.2. The van der Waals surface area contributed by atoms with Crippen LogP contribution in [0.3, 0.4) is 0 Å². The van der Waals surface area contributed by atoms with E-state index in [2.05, 4.69) is 0 Å². The van der Waals surface area contributed by atoms with Gasteiger partial charge >= 0.3 is 0 Å². The number of nitrogens with one attached hydrogen (secondary N) is 1. The van der Waals surface area contributed by atoms with Crippen molar-refractivity contribution in [2.24, 2.45) is 7.05 Å². The van der Waals surface area contributed by atoms with Crippen LogP contribution in [0.2, 0.25) is 0 Å². The number of fused-ring (bicyclic) bond motifs is 1. The van der Waals surface area contributed by atoms with Crippen molar-refractivity contribution in [3.63, 3.8) is 0 Å². The van der Waals surface area contributed by atoms with Gasteiger partial charge in [-0.1, -0.05) is 24.6 Å². The maximum absolute atomic E-state index is 14.9. The largest absolute Gasteiger partial charge is 0.316 e. The number of aryl methyl sites for hydroxylation is 2. The molecule has 0 aliphatic rings. The zero-order chi connectivity index (χ0) is 24.1. The van der Waals surface area contributed by atoms with Crippen LogP contribution in [0.25, 0.3) is 22.0 Å². The minimum Gasteiger partial charge on any atom is -0.316 e. The van der Waals surface area contributed by atoms with Crippen LogP contribution < -0.4 is 5.56 Å². The first-order valence-electron chi connectivity index (χ1n) is 10.1. The number of halogens is 1. The quantitative estimate of drug-likeness (QED) is 0.458. The van der Waals surface area contributed by atoms with E-state index in [0.717, 1.165) is 15.6 Å². The van der Waals surface area contributed by atoms with Crippen molar-refractivity contribution in [2.45, 2.75) is 23.6 Å². The predicted octanol–water partition coefficient (Wildman–Crippen LogP) is 4.12. The molecule has 172 valence electrons. The average molecular weight is 488 g/mol. The molecule has 33 heavy (non-hydrogen) atoms. The van der Waals surface area contributed by atoms with Crippen molar-refractivity contribution in [3.8, 4) is 11.1 Å². The lowest BCUT2D eigenvalue weighted by molar-refractivity contribution is 0.589. The van der Waals surface area contributed by atoms with Gasteiger partial charge in [0.25, 0.3) is 15.6 Å². The molecular formula is C23H22FN3O4S2. The van der Waals surface area contributed by atoms with Crippen LogP contribution in [0, 0.1) is 17.5 Å². The van der Waals surface area contributed by atoms with Crippen LogP contribution in [0.5, 0.6) is 0 Å². The van der Waals surface area contributed by atoms with Gasteiger partial charge in [-0.05, 0) is 43.3 Å². The molecule has 0 fully saturated rings. The number of nitrogens with zero attached hydrogens (tertiary/aromatic N) is 2. The van der Waals surface area contributed by atoms with Gasteiger partial charge in [0, 0.05) is 46.6 Å². The topological polar surface area (TPSA) is 102 Å². The number of hydrogen-bond acceptors (Lipinski definition) is 5. The van der Waals surface area contributed by atoms with Gasteiger partial charge < -0.3 is 4.57 Å². The standard InChI is InChI=1S/C23H22FN3O4S2/c1-4-32(25,29)17-9-10-21(24)19(13-17)20-14-26(3)23(28)22-18(20)11-12-27(22)33(30,31)16-7-5-15(2)6-8-16/h5-14,25H,4H2,1-3H3. The van der Waals surface area contributed by atoms with Crippen molar-refractivity contribution >= 4 is 30.7 Å². The molecule has 1 atom stereocenters. The Kier molecular flexibility index (Phi) is 5.53. The van der Waals surface area contributed by atoms with Crippen molar-refractivity contribution in [1.29, 1.82) is 4.78 Å². The Hall–Kier alpha value is -3.24. The Morgan fingerprint density at radius 3 is 2.24 bits per heavy atom. The highest BCUT2D eigenvalue weighted by atomic mass is 32.2. The van der Waals surface area contributed by atoms with E-state index in [1.165, 1.54) is 54.3 Å². The molecule has 0 aliphatic carbocycles. The molecule has 2 aromatic carbocycles. The van der Waals surface area contributed by atoms with Gasteiger partial charge in [0.2, 0.25) is 0 Å². The molecule has 1 unspecified atom stereocenters. The van der Waals surface area contributed by atoms with Crippen LogP contribution in [0.1, 0.15) is 12.5 Å². The fourth-order valence-electron chi connectivity index (χ4n) is 3.65. The monoisotopic (exact) mass is 487 g/mol. The maximum Gasteiger partial charge on any atom is 0.275 e. The van der Waals surface area contributed by atoms with Gasteiger partial charge in [-0.15, -0.1) is 0 Å². The van der Waals surface area contributed by atoms with Gasteiger partial charge in [-0.3, -0.25) is 4.79 Å². The first kappa shape index (κ1) is 22.9. The summed E-state index contributed by atoms with van der Waals surface area (Å²) >= 11 is 0. The molecule has 0 radical (unpaired) electrons. The second-order valence-corrected chi connectivity index (χ2v) is 12.0. The van der Waals surface area contributed by atoms with Crippen molar-refractivity contribution < 1.29 is 17.0 Å². The normalized spacial score (nSPS) is 13.8. The third kappa shape index (κ3) is 3.79. The van der Waals surface area contributed by atoms with Crippen molar-refractivity contribution in [2.75, 3.05) is 5.75 Å². The maximum atomic E-state index is 14.9. The lowest BCUT2D eigenvalue weighted by atomic mass is 10.0. The molecule has 0 amide bonds. The first-order valence-corrected chi connectivity index (χ1v) is 13.2. The summed E-state index contributed by atoms with van der Waals surface area (Å²) in [6, 6.07) is 11.5. The Bertz CT molecular complexity index is 1670. The minimum atomic E-state index is -4.09. The molecule has 0 saturated heterocycles. The minimum absolute atomic E-state index is 0.0168. The van der Waals surface area contributed by atoms with Crippen LogP contribution in [0.15, 0.2) is 75.5 Å². The summed E-state index contributed by atoms with van der Waals surface area (Å²) in [6.45, 7) is 3.44. The average Bonchev–Trinajstić information content (AvgIpc) is 3.23. The summed E-state index contributed by atoms with van der Waals surface area (Å²) in [5, 5.41) is 0.234. The molecule has 4 rings (SSSR count). The summed E-state index contributed by atoms with van der Waals surface area (Å²) < 4.78 is 64.2. The van der Waals surface area contributed by atoms with E-state index in [1.807, 2.05) is 6.92 Å². The number of hydrogen-bond donors (Lipinski definition) is 1. The molecule has 2 heterocycles. The third-order valence-electron chi connectivity index (χ3n) is 5.58. The van der Waals surface area contributed by atoms with Crippen molar-refractivity contribution in [3.05, 3.63) is 82.7 Å². The molecule has 0 saturated carbocycles.